The summed E-state index contributed by atoms with van der Waals surface area (Å²) >= 11 is 0. The molecule has 2 N–H and O–H groups in total. The van der Waals surface area contributed by atoms with Gasteiger partial charge in [0.2, 0.25) is 0 Å². The third-order valence-electron chi connectivity index (χ3n) is 5.11. The molecule has 0 spiro atoms. The van der Waals surface area contributed by atoms with E-state index in [2.05, 4.69) is 0 Å². The zero-order valence-electron chi connectivity index (χ0n) is 14.0. The molecule has 0 fully saturated rings. The summed E-state index contributed by atoms with van der Waals surface area (Å²) in [7, 11) is 3.19. The van der Waals surface area contributed by atoms with Gasteiger partial charge in [0, 0.05) is 25.0 Å². The summed E-state index contributed by atoms with van der Waals surface area (Å²) in [5.41, 5.74) is 9.03. The van der Waals surface area contributed by atoms with E-state index in [-0.39, 0.29) is 22.3 Å². The zero-order valence-corrected chi connectivity index (χ0v) is 14.0. The van der Waals surface area contributed by atoms with Crippen LogP contribution in [0.15, 0.2) is 33.9 Å². The van der Waals surface area contributed by atoms with E-state index in [1.807, 2.05) is 30.3 Å². The summed E-state index contributed by atoms with van der Waals surface area (Å²) in [4.78, 5) is 25.5. The second-order valence-corrected chi connectivity index (χ2v) is 6.33. The smallest absolute Gasteiger partial charge is 0.270 e. The number of nitriles is 1. The SMILES string of the molecule is Cn1c(N)c2c(=O)n(C)c3c(c2c(C#N)c1=O)CCc1ccccc1-3. The summed E-state index contributed by atoms with van der Waals surface area (Å²) in [6.45, 7) is 0. The first-order chi connectivity index (χ1) is 12.0. The lowest BCUT2D eigenvalue weighted by molar-refractivity contribution is 0.826. The maximum Gasteiger partial charge on any atom is 0.270 e. The molecule has 2 aromatic heterocycles. The summed E-state index contributed by atoms with van der Waals surface area (Å²) in [6, 6.07) is 9.89. The highest BCUT2D eigenvalue weighted by atomic mass is 16.1. The number of fused-ring (bicyclic) bond motifs is 5. The van der Waals surface area contributed by atoms with Gasteiger partial charge in [0.25, 0.3) is 11.1 Å². The van der Waals surface area contributed by atoms with E-state index in [4.69, 9.17) is 5.73 Å². The minimum atomic E-state index is -0.471. The Morgan fingerprint density at radius 3 is 2.48 bits per heavy atom. The third kappa shape index (κ3) is 1.83. The Bertz CT molecular complexity index is 1230. The summed E-state index contributed by atoms with van der Waals surface area (Å²) in [6.07, 6.45) is 1.44. The molecule has 1 aliphatic carbocycles. The van der Waals surface area contributed by atoms with Crippen molar-refractivity contribution < 1.29 is 0 Å². The molecule has 4 rings (SSSR count). The van der Waals surface area contributed by atoms with Crippen LogP contribution in [0, 0.1) is 11.3 Å². The summed E-state index contributed by atoms with van der Waals surface area (Å²) in [5, 5.41) is 10.2. The molecule has 0 aliphatic heterocycles. The first kappa shape index (κ1) is 15.2. The average Bonchev–Trinajstić information content (AvgIpc) is 2.63. The first-order valence-corrected chi connectivity index (χ1v) is 7.99. The molecule has 0 saturated heterocycles. The predicted molar refractivity (Wildman–Crippen MR) is 96.4 cm³/mol. The molecule has 0 atom stereocenters. The number of hydrogen-bond donors (Lipinski definition) is 1. The molecular formula is C19H16N4O2. The lowest BCUT2D eigenvalue weighted by atomic mass is 9.85. The van der Waals surface area contributed by atoms with Crippen molar-refractivity contribution in [2.45, 2.75) is 12.8 Å². The summed E-state index contributed by atoms with van der Waals surface area (Å²) < 4.78 is 2.75. The van der Waals surface area contributed by atoms with Crippen LogP contribution in [0.4, 0.5) is 5.82 Å². The van der Waals surface area contributed by atoms with Gasteiger partial charge in [0.15, 0.2) is 0 Å². The van der Waals surface area contributed by atoms with Gasteiger partial charge in [-0.1, -0.05) is 24.3 Å². The lowest BCUT2D eigenvalue weighted by Crippen LogP contribution is -2.30. The number of rotatable bonds is 0. The van der Waals surface area contributed by atoms with Gasteiger partial charge in [0.1, 0.15) is 17.5 Å². The van der Waals surface area contributed by atoms with Crippen molar-refractivity contribution in [1.29, 1.82) is 5.26 Å². The Morgan fingerprint density at radius 1 is 1.04 bits per heavy atom. The van der Waals surface area contributed by atoms with Crippen LogP contribution in [0.25, 0.3) is 22.0 Å². The molecular weight excluding hydrogens is 316 g/mol. The molecule has 2 heterocycles. The Labute approximate surface area is 143 Å². The molecule has 25 heavy (non-hydrogen) atoms. The maximum absolute atomic E-state index is 13.0. The molecule has 0 saturated carbocycles. The van der Waals surface area contributed by atoms with Gasteiger partial charge >= 0.3 is 0 Å². The van der Waals surface area contributed by atoms with Crippen LogP contribution in [0.5, 0.6) is 0 Å². The van der Waals surface area contributed by atoms with E-state index in [0.717, 1.165) is 28.8 Å². The van der Waals surface area contributed by atoms with Gasteiger partial charge in [-0.05, 0) is 24.0 Å². The van der Waals surface area contributed by atoms with Gasteiger partial charge in [0.05, 0.1) is 11.1 Å². The highest BCUT2D eigenvalue weighted by Crippen LogP contribution is 2.37. The largest absolute Gasteiger partial charge is 0.384 e. The molecule has 0 amide bonds. The number of aryl methyl sites for hydroxylation is 2. The Morgan fingerprint density at radius 2 is 1.76 bits per heavy atom. The molecule has 6 nitrogen and oxygen atoms in total. The third-order valence-corrected chi connectivity index (χ3v) is 5.11. The first-order valence-electron chi connectivity index (χ1n) is 7.99. The van der Waals surface area contributed by atoms with Gasteiger partial charge < -0.3 is 10.3 Å². The van der Waals surface area contributed by atoms with Crippen molar-refractivity contribution in [3.8, 4) is 17.3 Å². The maximum atomic E-state index is 13.0. The van der Waals surface area contributed by atoms with Crippen molar-refractivity contribution in [1.82, 2.24) is 9.13 Å². The van der Waals surface area contributed by atoms with Crippen LogP contribution in [0.3, 0.4) is 0 Å². The standard InChI is InChI=1S/C19H16N4O2/c1-22-16-11-6-4-3-5-10(11)7-8-12(16)14-13(9-20)18(24)23(2)17(21)15(14)19(22)25/h3-6H,7-8,21H2,1-2H3. The second-order valence-electron chi connectivity index (χ2n) is 6.33. The molecule has 1 aromatic carbocycles. The van der Waals surface area contributed by atoms with Crippen molar-refractivity contribution >= 4 is 16.6 Å². The van der Waals surface area contributed by atoms with E-state index in [0.29, 0.717) is 11.8 Å². The van der Waals surface area contributed by atoms with Gasteiger partial charge in [-0.2, -0.15) is 5.26 Å². The van der Waals surface area contributed by atoms with Crippen molar-refractivity contribution in [2.75, 3.05) is 5.73 Å². The van der Waals surface area contributed by atoms with Crippen LogP contribution >= 0.6 is 0 Å². The fourth-order valence-corrected chi connectivity index (χ4v) is 3.83. The molecule has 0 radical (unpaired) electrons. The molecule has 0 unspecified atom stereocenters. The zero-order chi connectivity index (χ0) is 17.9. The van der Waals surface area contributed by atoms with Gasteiger partial charge in [-0.15, -0.1) is 0 Å². The molecule has 124 valence electrons. The fraction of sp³-hybridized carbons (Fsp3) is 0.211. The van der Waals surface area contributed by atoms with Crippen LogP contribution in [-0.2, 0) is 26.9 Å². The number of nitrogen functional groups attached to an aromatic ring is 1. The summed E-state index contributed by atoms with van der Waals surface area (Å²) in [5.74, 6) is 0.0984. The number of nitrogens with two attached hydrogens (primary N) is 1. The van der Waals surface area contributed by atoms with Crippen LogP contribution in [0.2, 0.25) is 0 Å². The normalized spacial score (nSPS) is 12.5. The molecule has 3 aromatic rings. The van der Waals surface area contributed by atoms with E-state index in [1.165, 1.54) is 11.6 Å². The van der Waals surface area contributed by atoms with Gasteiger partial charge in [-0.3, -0.25) is 14.2 Å². The Kier molecular flexibility index (Phi) is 3.09. The average molecular weight is 332 g/mol. The minimum Gasteiger partial charge on any atom is -0.384 e. The number of pyridine rings is 2. The van der Waals surface area contributed by atoms with Crippen LogP contribution in [0.1, 0.15) is 16.7 Å². The van der Waals surface area contributed by atoms with E-state index in [9.17, 15) is 14.9 Å². The van der Waals surface area contributed by atoms with Crippen molar-refractivity contribution in [3.63, 3.8) is 0 Å². The Balaban J connectivity index is 2.35. The number of hydrogen-bond acceptors (Lipinski definition) is 4. The van der Waals surface area contributed by atoms with E-state index >= 15 is 0 Å². The highest BCUT2D eigenvalue weighted by Gasteiger charge is 2.27. The quantitative estimate of drug-likeness (QED) is 0.674. The fourth-order valence-electron chi connectivity index (χ4n) is 3.83. The predicted octanol–water partition coefficient (Wildman–Crippen LogP) is 1.46. The number of nitrogens with zero attached hydrogens (tertiary/aromatic N) is 3. The molecule has 1 aliphatic rings. The van der Waals surface area contributed by atoms with Crippen molar-refractivity contribution in [3.05, 3.63) is 61.7 Å². The lowest BCUT2D eigenvalue weighted by Gasteiger charge is -2.25. The van der Waals surface area contributed by atoms with E-state index < -0.39 is 5.56 Å². The van der Waals surface area contributed by atoms with Gasteiger partial charge in [-0.25, -0.2) is 0 Å². The minimum absolute atomic E-state index is 0.0139. The number of aromatic nitrogens is 2. The number of anilines is 1. The monoisotopic (exact) mass is 332 g/mol. The van der Waals surface area contributed by atoms with Crippen LogP contribution < -0.4 is 16.9 Å². The topological polar surface area (TPSA) is 93.8 Å². The molecule has 6 heteroatoms. The molecule has 0 bridgehead atoms. The second kappa shape index (κ2) is 5.08. The van der Waals surface area contributed by atoms with Crippen molar-refractivity contribution in [2.24, 2.45) is 14.1 Å². The highest BCUT2D eigenvalue weighted by molar-refractivity contribution is 6.00. The Hall–Kier alpha value is -3.33. The van der Waals surface area contributed by atoms with E-state index in [1.54, 1.807) is 11.6 Å². The van der Waals surface area contributed by atoms with Crippen LogP contribution in [-0.4, -0.2) is 9.13 Å². The number of benzene rings is 1.